The lowest BCUT2D eigenvalue weighted by Crippen LogP contribution is -2.41. The summed E-state index contributed by atoms with van der Waals surface area (Å²) < 4.78 is 11.1. The lowest BCUT2D eigenvalue weighted by molar-refractivity contribution is 0.205. The number of nitrogens with zero attached hydrogens (tertiary/aromatic N) is 4. The van der Waals surface area contributed by atoms with Crippen LogP contribution in [0.1, 0.15) is 23.4 Å². The van der Waals surface area contributed by atoms with Crippen molar-refractivity contribution in [3.63, 3.8) is 0 Å². The molecule has 142 valence electrons. The number of aliphatic imine (C=N–C) groups is 1. The Kier molecular flexibility index (Phi) is 7.67. The third-order valence-corrected chi connectivity index (χ3v) is 4.42. The van der Waals surface area contributed by atoms with Crippen LogP contribution in [0.25, 0.3) is 0 Å². The molecule has 1 atom stereocenters. The van der Waals surface area contributed by atoms with E-state index in [1.807, 2.05) is 39.1 Å². The molecule has 0 bridgehead atoms. The lowest BCUT2D eigenvalue weighted by atomic mass is 10.1. The maximum absolute atomic E-state index is 5.94. The number of rotatable bonds is 5. The van der Waals surface area contributed by atoms with Gasteiger partial charge in [-0.25, -0.2) is 4.98 Å². The van der Waals surface area contributed by atoms with Gasteiger partial charge in [0.05, 0.1) is 12.2 Å². The Hall–Kier alpha value is -1.84. The van der Waals surface area contributed by atoms with Crippen LogP contribution >= 0.6 is 24.0 Å². The zero-order valence-corrected chi connectivity index (χ0v) is 17.8. The molecule has 0 amide bonds. The van der Waals surface area contributed by atoms with Crippen molar-refractivity contribution >= 4 is 29.9 Å². The quantitative estimate of drug-likeness (QED) is 0.411. The van der Waals surface area contributed by atoms with Crippen molar-refractivity contribution in [1.82, 2.24) is 20.4 Å². The zero-order chi connectivity index (χ0) is 17.6. The molecule has 1 saturated heterocycles. The minimum atomic E-state index is 0. The summed E-state index contributed by atoms with van der Waals surface area (Å²) in [6, 6.07) is 5.71. The molecule has 1 aliphatic rings. The zero-order valence-electron chi connectivity index (χ0n) is 15.4. The average Bonchev–Trinajstić information content (AvgIpc) is 3.20. The standard InChI is InChI=1S/C18H25N5O2.HI/c1-13-16(14(2)25-22-13)7-10-21-18(19-3)23-11-8-15(12-23)24-17-6-4-5-9-20-17;/h4-6,9,15H,7-8,10-12H2,1-3H3,(H,19,21);1H. The van der Waals surface area contributed by atoms with Gasteiger partial charge in [0.2, 0.25) is 5.88 Å². The highest BCUT2D eigenvalue weighted by molar-refractivity contribution is 14.0. The van der Waals surface area contributed by atoms with Crippen molar-refractivity contribution in [3.05, 3.63) is 41.4 Å². The predicted octanol–water partition coefficient (Wildman–Crippen LogP) is 2.58. The molecule has 7 nitrogen and oxygen atoms in total. The van der Waals surface area contributed by atoms with Gasteiger partial charge in [-0.1, -0.05) is 11.2 Å². The van der Waals surface area contributed by atoms with E-state index in [4.69, 9.17) is 9.26 Å². The van der Waals surface area contributed by atoms with E-state index in [0.29, 0.717) is 5.88 Å². The number of aryl methyl sites for hydroxylation is 2. The summed E-state index contributed by atoms with van der Waals surface area (Å²) in [5.74, 6) is 2.47. The van der Waals surface area contributed by atoms with Gasteiger partial charge in [-0.2, -0.15) is 0 Å². The molecule has 0 saturated carbocycles. The topological polar surface area (TPSA) is 75.8 Å². The number of likely N-dealkylation sites (tertiary alicyclic amines) is 1. The van der Waals surface area contributed by atoms with Gasteiger partial charge in [-0.15, -0.1) is 24.0 Å². The van der Waals surface area contributed by atoms with Crippen LogP contribution in [0.2, 0.25) is 0 Å². The fourth-order valence-corrected chi connectivity index (χ4v) is 3.09. The summed E-state index contributed by atoms with van der Waals surface area (Å²) >= 11 is 0. The van der Waals surface area contributed by atoms with Crippen molar-refractivity contribution in [2.24, 2.45) is 4.99 Å². The van der Waals surface area contributed by atoms with E-state index in [1.54, 1.807) is 6.20 Å². The Morgan fingerprint density at radius 2 is 2.27 bits per heavy atom. The van der Waals surface area contributed by atoms with Crippen molar-refractivity contribution in [2.45, 2.75) is 32.8 Å². The summed E-state index contributed by atoms with van der Waals surface area (Å²) in [4.78, 5) is 10.8. The van der Waals surface area contributed by atoms with Crippen molar-refractivity contribution in [2.75, 3.05) is 26.7 Å². The molecule has 1 fully saturated rings. The molecule has 0 spiro atoms. The first-order valence-corrected chi connectivity index (χ1v) is 8.62. The summed E-state index contributed by atoms with van der Waals surface area (Å²) in [6.45, 7) is 6.44. The molecule has 1 N–H and O–H groups in total. The van der Waals surface area contributed by atoms with Crippen LogP contribution in [-0.2, 0) is 6.42 Å². The number of nitrogens with one attached hydrogen (secondary N) is 1. The van der Waals surface area contributed by atoms with Crippen LogP contribution in [0, 0.1) is 13.8 Å². The van der Waals surface area contributed by atoms with E-state index in [-0.39, 0.29) is 30.1 Å². The fraction of sp³-hybridized carbons (Fsp3) is 0.500. The van der Waals surface area contributed by atoms with Crippen LogP contribution < -0.4 is 10.1 Å². The second kappa shape index (κ2) is 9.75. The van der Waals surface area contributed by atoms with Crippen LogP contribution in [0.5, 0.6) is 5.88 Å². The molecule has 1 unspecified atom stereocenters. The SMILES string of the molecule is CN=C(NCCc1c(C)noc1C)N1CCC(Oc2ccccn2)C1.I. The van der Waals surface area contributed by atoms with E-state index < -0.39 is 0 Å². The minimum absolute atomic E-state index is 0. The van der Waals surface area contributed by atoms with E-state index in [1.165, 1.54) is 5.56 Å². The van der Waals surface area contributed by atoms with E-state index >= 15 is 0 Å². The molecular weight excluding hydrogens is 445 g/mol. The number of guanidine groups is 1. The average molecular weight is 471 g/mol. The Morgan fingerprint density at radius 1 is 1.42 bits per heavy atom. The Bertz CT molecular complexity index is 700. The Labute approximate surface area is 171 Å². The number of pyridine rings is 1. The van der Waals surface area contributed by atoms with Gasteiger partial charge in [0.1, 0.15) is 11.9 Å². The van der Waals surface area contributed by atoms with Crippen molar-refractivity contribution < 1.29 is 9.26 Å². The fourth-order valence-electron chi connectivity index (χ4n) is 3.09. The third-order valence-electron chi connectivity index (χ3n) is 4.42. The molecule has 8 heteroatoms. The van der Waals surface area contributed by atoms with Gasteiger partial charge in [0, 0.05) is 44.4 Å². The Balaban J connectivity index is 0.00000243. The number of aromatic nitrogens is 2. The summed E-state index contributed by atoms with van der Waals surface area (Å²) in [5.41, 5.74) is 2.13. The van der Waals surface area contributed by atoms with Crippen molar-refractivity contribution in [1.29, 1.82) is 0 Å². The molecule has 1 aliphatic heterocycles. The van der Waals surface area contributed by atoms with Crippen molar-refractivity contribution in [3.8, 4) is 5.88 Å². The van der Waals surface area contributed by atoms with Crippen LogP contribution in [-0.4, -0.2) is 53.8 Å². The largest absolute Gasteiger partial charge is 0.472 e. The first-order chi connectivity index (χ1) is 12.2. The van der Waals surface area contributed by atoms with E-state index in [2.05, 4.69) is 25.3 Å². The molecule has 0 radical (unpaired) electrons. The van der Waals surface area contributed by atoms with Gasteiger partial charge in [0.25, 0.3) is 0 Å². The maximum atomic E-state index is 5.94. The van der Waals surface area contributed by atoms with Gasteiger partial charge in [-0.05, 0) is 26.3 Å². The highest BCUT2D eigenvalue weighted by Gasteiger charge is 2.26. The Morgan fingerprint density at radius 3 is 2.92 bits per heavy atom. The van der Waals surface area contributed by atoms with Gasteiger partial charge in [0.15, 0.2) is 5.96 Å². The molecule has 3 heterocycles. The molecule has 0 aliphatic carbocycles. The molecule has 0 aromatic carbocycles. The molecular formula is C18H26IN5O2. The second-order valence-corrected chi connectivity index (χ2v) is 6.17. The van der Waals surface area contributed by atoms with E-state index in [9.17, 15) is 0 Å². The molecule has 3 rings (SSSR count). The minimum Gasteiger partial charge on any atom is -0.472 e. The second-order valence-electron chi connectivity index (χ2n) is 6.17. The third kappa shape index (κ3) is 5.09. The van der Waals surface area contributed by atoms with Gasteiger partial charge >= 0.3 is 0 Å². The van der Waals surface area contributed by atoms with E-state index in [0.717, 1.165) is 49.9 Å². The van der Waals surface area contributed by atoms with Crippen LogP contribution in [0.3, 0.4) is 0 Å². The maximum Gasteiger partial charge on any atom is 0.213 e. The highest BCUT2D eigenvalue weighted by atomic mass is 127. The van der Waals surface area contributed by atoms with Gasteiger partial charge < -0.3 is 19.5 Å². The normalized spacial score (nSPS) is 17.1. The highest BCUT2D eigenvalue weighted by Crippen LogP contribution is 2.16. The molecule has 2 aromatic rings. The summed E-state index contributed by atoms with van der Waals surface area (Å²) in [6.07, 6.45) is 3.70. The van der Waals surface area contributed by atoms with Crippen LogP contribution in [0.4, 0.5) is 0 Å². The lowest BCUT2D eigenvalue weighted by Gasteiger charge is -2.21. The van der Waals surface area contributed by atoms with Crippen LogP contribution in [0.15, 0.2) is 33.9 Å². The number of hydrogen-bond donors (Lipinski definition) is 1. The molecule has 2 aromatic heterocycles. The first-order valence-electron chi connectivity index (χ1n) is 8.62. The molecule has 26 heavy (non-hydrogen) atoms. The number of hydrogen-bond acceptors (Lipinski definition) is 5. The predicted molar refractivity (Wildman–Crippen MR) is 111 cm³/mol. The monoisotopic (exact) mass is 471 g/mol. The van der Waals surface area contributed by atoms with Gasteiger partial charge in [-0.3, -0.25) is 4.99 Å². The summed E-state index contributed by atoms with van der Waals surface area (Å²) in [7, 11) is 1.81. The smallest absolute Gasteiger partial charge is 0.213 e. The number of halogens is 1. The summed E-state index contributed by atoms with van der Waals surface area (Å²) in [5, 5.41) is 7.42. The first kappa shape index (κ1) is 20.5. The number of ether oxygens (including phenoxy) is 1.